The van der Waals surface area contributed by atoms with Crippen molar-refractivity contribution >= 4 is 6.34 Å². The summed E-state index contributed by atoms with van der Waals surface area (Å²) in [6.07, 6.45) is 6.13. The molecule has 2 rings (SSSR count). The van der Waals surface area contributed by atoms with Gasteiger partial charge in [-0.25, -0.2) is 0 Å². The molecule has 3 unspecified atom stereocenters. The van der Waals surface area contributed by atoms with E-state index >= 15 is 0 Å². The lowest BCUT2D eigenvalue weighted by Gasteiger charge is -2.38. The van der Waals surface area contributed by atoms with E-state index in [1.165, 1.54) is 19.3 Å². The summed E-state index contributed by atoms with van der Waals surface area (Å²) >= 11 is 0. The lowest BCUT2D eigenvalue weighted by atomic mass is 9.70. The highest BCUT2D eigenvalue weighted by Gasteiger charge is 2.33. The molecular weight excluding hydrogens is 184 g/mol. The minimum atomic E-state index is 0.633. The van der Waals surface area contributed by atoms with E-state index < -0.39 is 0 Å². The topological polar surface area (TPSA) is 24.4 Å². The van der Waals surface area contributed by atoms with E-state index in [0.717, 1.165) is 30.2 Å². The fraction of sp³-hybridized carbons (Fsp3) is 0.923. The number of hydrogen-bond acceptors (Lipinski definition) is 2. The highest BCUT2D eigenvalue weighted by Crippen LogP contribution is 2.38. The second kappa shape index (κ2) is 4.54. The minimum absolute atomic E-state index is 0.633. The average molecular weight is 208 g/mol. The van der Waals surface area contributed by atoms with Crippen LogP contribution in [0.15, 0.2) is 4.99 Å². The van der Waals surface area contributed by atoms with Crippen molar-refractivity contribution < 1.29 is 0 Å². The lowest BCUT2D eigenvalue weighted by Crippen LogP contribution is -2.39. The van der Waals surface area contributed by atoms with E-state index in [1.807, 2.05) is 6.34 Å². The lowest BCUT2D eigenvalue weighted by molar-refractivity contribution is 0.147. The van der Waals surface area contributed by atoms with Crippen molar-refractivity contribution in [1.29, 1.82) is 0 Å². The third kappa shape index (κ3) is 2.53. The molecule has 86 valence electrons. The van der Waals surface area contributed by atoms with Gasteiger partial charge in [0.05, 0.1) is 12.9 Å². The van der Waals surface area contributed by atoms with Crippen LogP contribution < -0.4 is 5.32 Å². The predicted molar refractivity (Wildman–Crippen MR) is 65.1 cm³/mol. The molecule has 0 amide bonds. The summed E-state index contributed by atoms with van der Waals surface area (Å²) in [6, 6.07) is 0.633. The SMILES string of the molecule is CC1CC(C2CN=CN2)C[C@H](C(C)C)C1. The molecule has 2 aliphatic rings. The van der Waals surface area contributed by atoms with Crippen LogP contribution in [-0.4, -0.2) is 18.9 Å². The summed E-state index contributed by atoms with van der Waals surface area (Å²) in [5.41, 5.74) is 0. The Morgan fingerprint density at radius 3 is 2.67 bits per heavy atom. The van der Waals surface area contributed by atoms with Crippen LogP contribution >= 0.6 is 0 Å². The first-order valence-corrected chi connectivity index (χ1v) is 6.41. The molecule has 4 atom stereocenters. The highest BCUT2D eigenvalue weighted by atomic mass is 15.1. The molecule has 1 heterocycles. The fourth-order valence-electron chi connectivity index (χ4n) is 3.24. The zero-order valence-electron chi connectivity index (χ0n) is 10.2. The van der Waals surface area contributed by atoms with Crippen molar-refractivity contribution in [2.75, 3.05) is 6.54 Å². The van der Waals surface area contributed by atoms with Gasteiger partial charge in [0, 0.05) is 6.04 Å². The number of nitrogens with zero attached hydrogens (tertiary/aromatic N) is 1. The maximum atomic E-state index is 4.30. The average Bonchev–Trinajstić information content (AvgIpc) is 2.69. The third-order valence-electron chi connectivity index (χ3n) is 4.21. The molecule has 0 spiro atoms. The van der Waals surface area contributed by atoms with Crippen LogP contribution in [0, 0.1) is 23.7 Å². The predicted octanol–water partition coefficient (Wildman–Crippen LogP) is 2.69. The molecule has 0 aromatic rings. The second-order valence-electron chi connectivity index (χ2n) is 5.84. The molecule has 2 heteroatoms. The Bertz CT molecular complexity index is 227. The van der Waals surface area contributed by atoms with Crippen molar-refractivity contribution in [3.63, 3.8) is 0 Å². The van der Waals surface area contributed by atoms with Gasteiger partial charge in [0.15, 0.2) is 0 Å². The van der Waals surface area contributed by atoms with E-state index in [1.54, 1.807) is 0 Å². The molecule has 0 aromatic carbocycles. The molecule has 0 saturated heterocycles. The van der Waals surface area contributed by atoms with Crippen LogP contribution in [0.3, 0.4) is 0 Å². The Labute approximate surface area is 93.6 Å². The monoisotopic (exact) mass is 208 g/mol. The van der Waals surface area contributed by atoms with Crippen molar-refractivity contribution in [1.82, 2.24) is 5.32 Å². The molecule has 2 nitrogen and oxygen atoms in total. The van der Waals surface area contributed by atoms with Crippen LogP contribution in [0.2, 0.25) is 0 Å². The smallest absolute Gasteiger partial charge is 0.0827 e. The summed E-state index contributed by atoms with van der Waals surface area (Å²) < 4.78 is 0. The van der Waals surface area contributed by atoms with Gasteiger partial charge in [0.25, 0.3) is 0 Å². The van der Waals surface area contributed by atoms with Crippen LogP contribution in [0.25, 0.3) is 0 Å². The van der Waals surface area contributed by atoms with Crippen molar-refractivity contribution in [3.8, 4) is 0 Å². The first kappa shape index (κ1) is 11.0. The van der Waals surface area contributed by atoms with Gasteiger partial charge in [-0.05, 0) is 42.9 Å². The van der Waals surface area contributed by atoms with E-state index in [4.69, 9.17) is 0 Å². The molecule has 0 aromatic heterocycles. The maximum absolute atomic E-state index is 4.30. The van der Waals surface area contributed by atoms with E-state index in [0.29, 0.717) is 6.04 Å². The Hall–Kier alpha value is -0.530. The van der Waals surface area contributed by atoms with Crippen LogP contribution in [0.1, 0.15) is 40.0 Å². The molecule has 0 radical (unpaired) electrons. The summed E-state index contributed by atoms with van der Waals surface area (Å²) in [4.78, 5) is 4.30. The molecule has 1 aliphatic carbocycles. The van der Waals surface area contributed by atoms with Gasteiger partial charge in [0.1, 0.15) is 0 Å². The van der Waals surface area contributed by atoms with Gasteiger partial charge in [-0.1, -0.05) is 20.8 Å². The van der Waals surface area contributed by atoms with Crippen molar-refractivity contribution in [2.24, 2.45) is 28.7 Å². The molecule has 1 N–H and O–H groups in total. The minimum Gasteiger partial charge on any atom is -0.372 e. The Morgan fingerprint density at radius 2 is 2.07 bits per heavy atom. The number of aliphatic imine (C=N–C) groups is 1. The van der Waals surface area contributed by atoms with E-state index in [9.17, 15) is 0 Å². The zero-order chi connectivity index (χ0) is 10.8. The third-order valence-corrected chi connectivity index (χ3v) is 4.21. The highest BCUT2D eigenvalue weighted by molar-refractivity contribution is 5.57. The molecule has 1 saturated carbocycles. The van der Waals surface area contributed by atoms with Crippen LogP contribution in [0.5, 0.6) is 0 Å². The molecule has 1 fully saturated rings. The number of rotatable bonds is 2. The molecular formula is C13H24N2. The summed E-state index contributed by atoms with van der Waals surface area (Å²) in [7, 11) is 0. The largest absolute Gasteiger partial charge is 0.372 e. The fourth-order valence-corrected chi connectivity index (χ4v) is 3.24. The zero-order valence-corrected chi connectivity index (χ0v) is 10.2. The first-order chi connectivity index (χ1) is 7.16. The van der Waals surface area contributed by atoms with Crippen LogP contribution in [-0.2, 0) is 0 Å². The maximum Gasteiger partial charge on any atom is 0.0827 e. The Kier molecular flexibility index (Phi) is 3.32. The molecule has 1 aliphatic heterocycles. The van der Waals surface area contributed by atoms with Gasteiger partial charge >= 0.3 is 0 Å². The van der Waals surface area contributed by atoms with Gasteiger partial charge in [-0.2, -0.15) is 0 Å². The molecule has 0 bridgehead atoms. The standard InChI is InChI=1S/C13H24N2/c1-9(2)11-4-10(3)5-12(6-11)13-7-14-8-15-13/h8-13H,4-7H2,1-3H3,(H,14,15)/t10?,11-,12?,13?/m1/s1. The van der Waals surface area contributed by atoms with Crippen molar-refractivity contribution in [3.05, 3.63) is 0 Å². The number of nitrogens with one attached hydrogen (secondary N) is 1. The second-order valence-corrected chi connectivity index (χ2v) is 5.84. The molecule has 15 heavy (non-hydrogen) atoms. The Balaban J connectivity index is 1.94. The number of hydrogen-bond donors (Lipinski definition) is 1. The normalized spacial score (nSPS) is 40.8. The summed E-state index contributed by atoms with van der Waals surface area (Å²) in [5.74, 6) is 3.53. The van der Waals surface area contributed by atoms with Gasteiger partial charge in [-0.3, -0.25) is 4.99 Å². The van der Waals surface area contributed by atoms with E-state index in [-0.39, 0.29) is 0 Å². The summed E-state index contributed by atoms with van der Waals surface area (Å²) in [6.45, 7) is 8.16. The van der Waals surface area contributed by atoms with E-state index in [2.05, 4.69) is 31.1 Å². The van der Waals surface area contributed by atoms with Gasteiger partial charge < -0.3 is 5.32 Å². The van der Waals surface area contributed by atoms with Crippen molar-refractivity contribution in [2.45, 2.75) is 46.1 Å². The Morgan fingerprint density at radius 1 is 1.27 bits per heavy atom. The summed E-state index contributed by atoms with van der Waals surface area (Å²) in [5, 5.41) is 3.41. The quantitative estimate of drug-likeness (QED) is 0.741. The van der Waals surface area contributed by atoms with Gasteiger partial charge in [0.2, 0.25) is 0 Å². The first-order valence-electron chi connectivity index (χ1n) is 6.41. The van der Waals surface area contributed by atoms with Crippen LogP contribution in [0.4, 0.5) is 0 Å². The van der Waals surface area contributed by atoms with Gasteiger partial charge in [-0.15, -0.1) is 0 Å².